The lowest BCUT2D eigenvalue weighted by molar-refractivity contribution is -0.119. The first-order valence-corrected chi connectivity index (χ1v) is 13.7. The van der Waals surface area contributed by atoms with Gasteiger partial charge in [0.05, 0.1) is 23.9 Å². The van der Waals surface area contributed by atoms with E-state index in [2.05, 4.69) is 10.5 Å². The zero-order valence-corrected chi connectivity index (χ0v) is 22.6. The Labute approximate surface area is 232 Å². The van der Waals surface area contributed by atoms with E-state index in [9.17, 15) is 13.2 Å². The number of benzene rings is 4. The lowest BCUT2D eigenvalue weighted by atomic mass is 10.2. The van der Waals surface area contributed by atoms with E-state index < -0.39 is 22.5 Å². The molecule has 1 N–H and O–H groups in total. The van der Waals surface area contributed by atoms with Crippen molar-refractivity contribution >= 4 is 39.4 Å². The number of para-hydroxylation sites is 1. The third-order valence-corrected chi connectivity index (χ3v) is 7.64. The second-order valence-corrected chi connectivity index (χ2v) is 10.6. The highest BCUT2D eigenvalue weighted by Gasteiger charge is 2.27. The minimum Gasteiger partial charge on any atom is -0.497 e. The quantitative estimate of drug-likeness (QED) is 0.198. The Hall–Kier alpha value is -4.34. The number of hydrazone groups is 1. The first kappa shape index (κ1) is 27.7. The molecule has 0 spiro atoms. The number of halogens is 1. The monoisotopic (exact) mass is 563 g/mol. The van der Waals surface area contributed by atoms with Crippen LogP contribution in [-0.4, -0.2) is 34.2 Å². The second-order valence-electron chi connectivity index (χ2n) is 8.27. The number of hydrogen-bond acceptors (Lipinski definition) is 6. The summed E-state index contributed by atoms with van der Waals surface area (Å²) in [7, 11) is -2.61. The van der Waals surface area contributed by atoms with Gasteiger partial charge < -0.3 is 9.47 Å². The first-order valence-electron chi connectivity index (χ1n) is 11.9. The number of ether oxygens (including phenoxy) is 2. The van der Waals surface area contributed by atoms with E-state index in [4.69, 9.17) is 21.1 Å². The number of carbonyl (C=O) groups is 1. The van der Waals surface area contributed by atoms with E-state index >= 15 is 0 Å². The maximum Gasteiger partial charge on any atom is 0.264 e. The SMILES string of the molecule is COc1ccc(S(=O)(=O)N(CC(=O)N/N=C\c2ccccc2OCc2ccccc2)c2ccc(Cl)cc2)cc1. The number of hydrogen-bond donors (Lipinski definition) is 1. The number of carbonyl (C=O) groups excluding carboxylic acids is 1. The van der Waals surface area contributed by atoms with Gasteiger partial charge in [0.1, 0.15) is 24.7 Å². The summed E-state index contributed by atoms with van der Waals surface area (Å²) in [6, 6.07) is 29.0. The Balaban J connectivity index is 1.49. The van der Waals surface area contributed by atoms with Gasteiger partial charge in [-0.1, -0.05) is 54.1 Å². The van der Waals surface area contributed by atoms with Gasteiger partial charge in [-0.15, -0.1) is 0 Å². The fourth-order valence-corrected chi connectivity index (χ4v) is 5.14. The summed E-state index contributed by atoms with van der Waals surface area (Å²) in [5.41, 5.74) is 4.34. The van der Waals surface area contributed by atoms with Crippen molar-refractivity contribution in [3.63, 3.8) is 0 Å². The van der Waals surface area contributed by atoms with Gasteiger partial charge in [-0.2, -0.15) is 5.10 Å². The van der Waals surface area contributed by atoms with Crippen molar-refractivity contribution in [2.45, 2.75) is 11.5 Å². The van der Waals surface area contributed by atoms with Crippen molar-refractivity contribution in [2.24, 2.45) is 5.10 Å². The van der Waals surface area contributed by atoms with E-state index in [1.54, 1.807) is 24.3 Å². The summed E-state index contributed by atoms with van der Waals surface area (Å²) in [4.78, 5) is 12.8. The predicted octanol–water partition coefficient (Wildman–Crippen LogP) is 5.27. The fourth-order valence-electron chi connectivity index (χ4n) is 3.59. The van der Waals surface area contributed by atoms with E-state index in [0.29, 0.717) is 28.7 Å². The molecule has 0 radical (unpaired) electrons. The van der Waals surface area contributed by atoms with Crippen LogP contribution in [0.3, 0.4) is 0 Å². The Bertz CT molecular complexity index is 1530. The highest BCUT2D eigenvalue weighted by molar-refractivity contribution is 7.92. The van der Waals surface area contributed by atoms with Crippen LogP contribution in [0.5, 0.6) is 11.5 Å². The molecule has 200 valence electrons. The normalized spacial score (nSPS) is 11.2. The Morgan fingerprint density at radius 3 is 2.28 bits per heavy atom. The number of methoxy groups -OCH3 is 1. The van der Waals surface area contributed by atoms with Gasteiger partial charge in [0.25, 0.3) is 15.9 Å². The molecule has 4 rings (SSSR count). The number of nitrogens with one attached hydrogen (secondary N) is 1. The molecule has 10 heteroatoms. The molecule has 0 saturated carbocycles. The van der Waals surface area contributed by atoms with Crippen LogP contribution >= 0.6 is 11.6 Å². The molecule has 39 heavy (non-hydrogen) atoms. The molecule has 8 nitrogen and oxygen atoms in total. The summed E-state index contributed by atoms with van der Waals surface area (Å²) < 4.78 is 39.0. The summed E-state index contributed by atoms with van der Waals surface area (Å²) in [5, 5.41) is 4.46. The van der Waals surface area contributed by atoms with Gasteiger partial charge in [-0.25, -0.2) is 13.8 Å². The number of anilines is 1. The largest absolute Gasteiger partial charge is 0.497 e. The van der Waals surface area contributed by atoms with Gasteiger partial charge in [-0.05, 0) is 66.2 Å². The van der Waals surface area contributed by atoms with Crippen LogP contribution < -0.4 is 19.2 Å². The smallest absolute Gasteiger partial charge is 0.264 e. The molecule has 0 aliphatic heterocycles. The summed E-state index contributed by atoms with van der Waals surface area (Å²) in [6.07, 6.45) is 1.45. The molecular weight excluding hydrogens is 538 g/mol. The van der Waals surface area contributed by atoms with Crippen LogP contribution in [0.1, 0.15) is 11.1 Å². The Kier molecular flexibility index (Phi) is 9.19. The molecule has 0 atom stereocenters. The highest BCUT2D eigenvalue weighted by atomic mass is 35.5. The number of sulfonamides is 1. The first-order chi connectivity index (χ1) is 18.9. The van der Waals surface area contributed by atoms with Crippen molar-refractivity contribution < 1.29 is 22.7 Å². The van der Waals surface area contributed by atoms with Gasteiger partial charge in [0, 0.05) is 10.6 Å². The van der Waals surface area contributed by atoms with E-state index in [-0.39, 0.29) is 10.6 Å². The molecule has 4 aromatic carbocycles. The summed E-state index contributed by atoms with van der Waals surface area (Å²) in [5.74, 6) is 0.456. The molecule has 0 heterocycles. The third kappa shape index (κ3) is 7.37. The zero-order chi connectivity index (χ0) is 27.7. The molecule has 0 unspecified atom stereocenters. The summed E-state index contributed by atoms with van der Waals surface area (Å²) in [6.45, 7) is -0.142. The number of amides is 1. The zero-order valence-electron chi connectivity index (χ0n) is 21.0. The summed E-state index contributed by atoms with van der Waals surface area (Å²) >= 11 is 5.99. The number of rotatable bonds is 11. The fraction of sp³-hybridized carbons (Fsp3) is 0.103. The van der Waals surface area contributed by atoms with E-state index in [1.807, 2.05) is 42.5 Å². The van der Waals surface area contributed by atoms with Crippen molar-refractivity contribution in [3.8, 4) is 11.5 Å². The molecule has 0 aliphatic carbocycles. The van der Waals surface area contributed by atoms with Gasteiger partial charge in [-0.3, -0.25) is 9.10 Å². The van der Waals surface area contributed by atoms with Crippen molar-refractivity contribution in [2.75, 3.05) is 18.0 Å². The van der Waals surface area contributed by atoms with Crippen LogP contribution in [0.2, 0.25) is 5.02 Å². The molecule has 0 saturated heterocycles. The average Bonchev–Trinajstić information content (AvgIpc) is 2.96. The Morgan fingerprint density at radius 1 is 0.923 bits per heavy atom. The maximum atomic E-state index is 13.5. The minimum absolute atomic E-state index is 0.000886. The van der Waals surface area contributed by atoms with Crippen LogP contribution in [0.25, 0.3) is 0 Å². The van der Waals surface area contributed by atoms with Crippen LogP contribution in [-0.2, 0) is 21.4 Å². The predicted molar refractivity (Wildman–Crippen MR) is 152 cm³/mol. The van der Waals surface area contributed by atoms with Crippen molar-refractivity contribution in [1.82, 2.24) is 5.43 Å². The van der Waals surface area contributed by atoms with Crippen LogP contribution in [0, 0.1) is 0 Å². The van der Waals surface area contributed by atoms with Gasteiger partial charge >= 0.3 is 0 Å². The van der Waals surface area contributed by atoms with Gasteiger partial charge in [0.15, 0.2) is 0 Å². The standard InChI is InChI=1S/C29H26ClN3O5S/c1-37-26-15-17-27(18-16-26)39(35,36)33(25-13-11-24(30)12-14-25)20-29(34)32-31-19-23-9-5-6-10-28(23)38-21-22-7-3-2-4-8-22/h2-19H,20-21H2,1H3,(H,32,34)/b31-19-. The lowest BCUT2D eigenvalue weighted by Crippen LogP contribution is -2.39. The molecule has 4 aromatic rings. The van der Waals surface area contributed by atoms with Crippen molar-refractivity contribution in [1.29, 1.82) is 0 Å². The molecule has 1 amide bonds. The average molecular weight is 564 g/mol. The second kappa shape index (κ2) is 12.9. The van der Waals surface area contributed by atoms with E-state index in [1.165, 1.54) is 49.7 Å². The molecule has 0 bridgehead atoms. The Morgan fingerprint density at radius 2 is 1.59 bits per heavy atom. The highest BCUT2D eigenvalue weighted by Crippen LogP contribution is 2.26. The van der Waals surface area contributed by atoms with Crippen LogP contribution in [0.4, 0.5) is 5.69 Å². The minimum atomic E-state index is -4.10. The molecule has 0 aliphatic rings. The van der Waals surface area contributed by atoms with E-state index in [0.717, 1.165) is 9.87 Å². The number of nitrogens with zero attached hydrogens (tertiary/aromatic N) is 2. The molecule has 0 fully saturated rings. The van der Waals surface area contributed by atoms with Crippen molar-refractivity contribution in [3.05, 3.63) is 119 Å². The van der Waals surface area contributed by atoms with Gasteiger partial charge in [0.2, 0.25) is 0 Å². The topological polar surface area (TPSA) is 97.3 Å². The maximum absolute atomic E-state index is 13.5. The third-order valence-electron chi connectivity index (χ3n) is 5.60. The van der Waals surface area contributed by atoms with Crippen LogP contribution in [0.15, 0.2) is 113 Å². The molecular formula is C29H26ClN3O5S. The lowest BCUT2D eigenvalue weighted by Gasteiger charge is -2.23. The molecule has 0 aromatic heterocycles.